The van der Waals surface area contributed by atoms with Gasteiger partial charge in [-0.15, -0.1) is 11.3 Å². The van der Waals surface area contributed by atoms with Crippen LogP contribution < -0.4 is 5.32 Å². The monoisotopic (exact) mass is 393 g/mol. The molecule has 4 rings (SSSR count). The van der Waals surface area contributed by atoms with Crippen LogP contribution in [0.15, 0.2) is 42.5 Å². The van der Waals surface area contributed by atoms with Crippen molar-refractivity contribution in [2.24, 2.45) is 0 Å². The van der Waals surface area contributed by atoms with E-state index in [4.69, 9.17) is 0 Å². The number of carbonyl (C=O) groups excluding carboxylic acids is 2. The number of nitrogens with zero attached hydrogens (tertiary/aromatic N) is 2. The van der Waals surface area contributed by atoms with Crippen LogP contribution in [-0.4, -0.2) is 40.3 Å². The molecule has 1 fully saturated rings. The van der Waals surface area contributed by atoms with Crippen LogP contribution >= 0.6 is 11.3 Å². The van der Waals surface area contributed by atoms with Gasteiger partial charge in [-0.1, -0.05) is 17.7 Å². The summed E-state index contributed by atoms with van der Waals surface area (Å²) < 4.78 is 1.01. The summed E-state index contributed by atoms with van der Waals surface area (Å²) in [6, 6.07) is 13.2. The van der Waals surface area contributed by atoms with Crippen LogP contribution in [0.3, 0.4) is 0 Å². The zero-order valence-corrected chi connectivity index (χ0v) is 17.1. The second-order valence-electron chi connectivity index (χ2n) is 7.77. The van der Waals surface area contributed by atoms with E-state index in [0.29, 0.717) is 24.2 Å². The molecule has 1 unspecified atom stereocenters. The van der Waals surface area contributed by atoms with Gasteiger partial charge >= 0.3 is 0 Å². The third kappa shape index (κ3) is 3.64. The third-order valence-electron chi connectivity index (χ3n) is 5.23. The van der Waals surface area contributed by atoms with Crippen LogP contribution in [0, 0.1) is 13.8 Å². The normalized spacial score (nSPS) is 19.2. The van der Waals surface area contributed by atoms with Crippen LogP contribution in [0.2, 0.25) is 0 Å². The van der Waals surface area contributed by atoms with Crippen molar-refractivity contribution >= 4 is 33.4 Å². The lowest BCUT2D eigenvalue weighted by atomic mass is 10.0. The molecule has 28 heavy (non-hydrogen) atoms. The van der Waals surface area contributed by atoms with Crippen molar-refractivity contribution in [1.29, 1.82) is 0 Å². The Morgan fingerprint density at radius 2 is 1.82 bits per heavy atom. The van der Waals surface area contributed by atoms with Crippen LogP contribution in [0.25, 0.3) is 10.2 Å². The fourth-order valence-electron chi connectivity index (χ4n) is 3.64. The number of hydrogen-bond acceptors (Lipinski definition) is 4. The summed E-state index contributed by atoms with van der Waals surface area (Å²) in [5.74, 6) is -0.0976. The van der Waals surface area contributed by atoms with Crippen molar-refractivity contribution in [2.45, 2.75) is 32.7 Å². The largest absolute Gasteiger partial charge is 0.345 e. The molecule has 0 radical (unpaired) electrons. The van der Waals surface area contributed by atoms with Crippen molar-refractivity contribution in [3.63, 3.8) is 0 Å². The summed E-state index contributed by atoms with van der Waals surface area (Å²) in [7, 11) is 0. The van der Waals surface area contributed by atoms with E-state index in [1.54, 1.807) is 11.3 Å². The molecule has 0 spiro atoms. The van der Waals surface area contributed by atoms with Crippen molar-refractivity contribution in [1.82, 2.24) is 15.2 Å². The topological polar surface area (TPSA) is 62.3 Å². The minimum absolute atomic E-state index is 0.0135. The SMILES string of the molecule is Cc1ccc(C(=O)N2CCC(C)(NC(=O)c3ccc4nc(C)sc4c3)C2)cc1. The van der Waals surface area contributed by atoms with Gasteiger partial charge in [-0.25, -0.2) is 4.98 Å². The fraction of sp³-hybridized carbons (Fsp3) is 0.318. The Morgan fingerprint density at radius 1 is 1.11 bits per heavy atom. The smallest absolute Gasteiger partial charge is 0.253 e. The number of thiazole rings is 1. The molecule has 2 aromatic carbocycles. The highest BCUT2D eigenvalue weighted by Gasteiger charge is 2.37. The zero-order valence-electron chi connectivity index (χ0n) is 16.3. The molecule has 5 nitrogen and oxygen atoms in total. The van der Waals surface area contributed by atoms with Gasteiger partial charge in [0.1, 0.15) is 0 Å². The number of amides is 2. The number of benzene rings is 2. The van der Waals surface area contributed by atoms with Gasteiger partial charge in [-0.3, -0.25) is 9.59 Å². The average molecular weight is 394 g/mol. The maximum Gasteiger partial charge on any atom is 0.253 e. The van der Waals surface area contributed by atoms with Crippen molar-refractivity contribution in [3.8, 4) is 0 Å². The van der Waals surface area contributed by atoms with E-state index in [0.717, 1.165) is 27.2 Å². The Labute approximate surface area is 168 Å². The van der Waals surface area contributed by atoms with E-state index >= 15 is 0 Å². The number of likely N-dealkylation sites (tertiary alicyclic amines) is 1. The van der Waals surface area contributed by atoms with Gasteiger partial charge in [0, 0.05) is 24.2 Å². The molecule has 0 saturated carbocycles. The second-order valence-corrected chi connectivity index (χ2v) is 9.01. The summed E-state index contributed by atoms with van der Waals surface area (Å²) in [6.45, 7) is 7.11. The first-order chi connectivity index (χ1) is 13.3. The minimum Gasteiger partial charge on any atom is -0.345 e. The molecule has 1 N–H and O–H groups in total. The maximum absolute atomic E-state index is 12.8. The summed E-state index contributed by atoms with van der Waals surface area (Å²) >= 11 is 1.58. The van der Waals surface area contributed by atoms with Gasteiger partial charge in [0.2, 0.25) is 0 Å². The Kier molecular flexibility index (Phi) is 4.67. The van der Waals surface area contributed by atoms with E-state index in [2.05, 4.69) is 10.3 Å². The van der Waals surface area contributed by atoms with Crippen LogP contribution in [0.1, 0.15) is 44.6 Å². The Hall–Kier alpha value is -2.73. The molecular weight excluding hydrogens is 370 g/mol. The summed E-state index contributed by atoms with van der Waals surface area (Å²) in [4.78, 5) is 31.8. The predicted molar refractivity (Wildman–Crippen MR) is 112 cm³/mol. The first kappa shape index (κ1) is 18.6. The molecule has 1 saturated heterocycles. The molecular formula is C22H23N3O2S. The molecule has 1 atom stereocenters. The minimum atomic E-state index is -0.435. The molecule has 2 amide bonds. The number of aryl methyl sites for hydroxylation is 2. The van der Waals surface area contributed by atoms with Gasteiger partial charge in [-0.2, -0.15) is 0 Å². The highest BCUT2D eigenvalue weighted by atomic mass is 32.1. The molecule has 0 bridgehead atoms. The fourth-order valence-corrected chi connectivity index (χ4v) is 4.51. The van der Waals surface area contributed by atoms with E-state index in [9.17, 15) is 9.59 Å². The van der Waals surface area contributed by atoms with Gasteiger partial charge in [0.25, 0.3) is 11.8 Å². The second kappa shape index (κ2) is 7.02. The molecule has 3 aromatic rings. The van der Waals surface area contributed by atoms with Crippen molar-refractivity contribution in [3.05, 3.63) is 64.2 Å². The maximum atomic E-state index is 12.8. The summed E-state index contributed by atoms with van der Waals surface area (Å²) in [5.41, 5.74) is 2.92. The summed E-state index contributed by atoms with van der Waals surface area (Å²) in [6.07, 6.45) is 0.734. The van der Waals surface area contributed by atoms with Crippen LogP contribution in [-0.2, 0) is 0 Å². The number of fused-ring (bicyclic) bond motifs is 1. The highest BCUT2D eigenvalue weighted by Crippen LogP contribution is 2.25. The lowest BCUT2D eigenvalue weighted by molar-refractivity contribution is 0.0769. The molecule has 1 aliphatic rings. The van der Waals surface area contributed by atoms with E-state index in [1.807, 2.05) is 68.1 Å². The standard InChI is InChI=1S/C22H23N3O2S/c1-14-4-6-16(7-5-14)21(27)25-11-10-22(3,13-25)24-20(26)17-8-9-18-19(12-17)28-15(2)23-18/h4-9,12H,10-11,13H2,1-3H3,(H,24,26). The number of hydrogen-bond donors (Lipinski definition) is 1. The molecule has 1 aromatic heterocycles. The quantitative estimate of drug-likeness (QED) is 0.733. The van der Waals surface area contributed by atoms with E-state index < -0.39 is 5.54 Å². The van der Waals surface area contributed by atoms with Gasteiger partial charge in [0.05, 0.1) is 20.8 Å². The molecule has 2 heterocycles. The lowest BCUT2D eigenvalue weighted by Crippen LogP contribution is -2.48. The Balaban J connectivity index is 1.45. The van der Waals surface area contributed by atoms with Crippen LogP contribution in [0.4, 0.5) is 0 Å². The van der Waals surface area contributed by atoms with Crippen molar-refractivity contribution in [2.75, 3.05) is 13.1 Å². The van der Waals surface area contributed by atoms with Gasteiger partial charge in [0.15, 0.2) is 0 Å². The molecule has 1 aliphatic heterocycles. The Bertz CT molecular complexity index is 1060. The van der Waals surface area contributed by atoms with E-state index in [-0.39, 0.29) is 11.8 Å². The zero-order chi connectivity index (χ0) is 19.9. The van der Waals surface area contributed by atoms with E-state index in [1.165, 1.54) is 0 Å². The van der Waals surface area contributed by atoms with Crippen LogP contribution in [0.5, 0.6) is 0 Å². The highest BCUT2D eigenvalue weighted by molar-refractivity contribution is 7.18. The molecule has 6 heteroatoms. The predicted octanol–water partition coefficient (Wildman–Crippen LogP) is 3.95. The number of nitrogens with one attached hydrogen (secondary N) is 1. The Morgan fingerprint density at radius 3 is 2.57 bits per heavy atom. The number of aromatic nitrogens is 1. The van der Waals surface area contributed by atoms with Crippen molar-refractivity contribution < 1.29 is 9.59 Å². The average Bonchev–Trinajstić information content (AvgIpc) is 3.23. The summed E-state index contributed by atoms with van der Waals surface area (Å²) in [5, 5.41) is 4.13. The first-order valence-corrected chi connectivity index (χ1v) is 10.2. The number of carbonyl (C=O) groups is 2. The third-order valence-corrected chi connectivity index (χ3v) is 6.17. The lowest BCUT2D eigenvalue weighted by Gasteiger charge is -2.26. The number of rotatable bonds is 3. The first-order valence-electron chi connectivity index (χ1n) is 9.39. The van der Waals surface area contributed by atoms with Gasteiger partial charge < -0.3 is 10.2 Å². The molecule has 0 aliphatic carbocycles. The molecule has 144 valence electrons. The van der Waals surface area contributed by atoms with Gasteiger partial charge in [-0.05, 0) is 57.5 Å².